The quantitative estimate of drug-likeness (QED) is 0.495. The molecule has 2 aromatic carbocycles. The molecule has 5 nitrogen and oxygen atoms in total. The van der Waals surface area contributed by atoms with Crippen molar-refractivity contribution >= 4 is 57.8 Å². The molecule has 0 saturated heterocycles. The first-order valence-electron chi connectivity index (χ1n) is 8.31. The lowest BCUT2D eigenvalue weighted by Crippen LogP contribution is -2.34. The van der Waals surface area contributed by atoms with Gasteiger partial charge in [0.1, 0.15) is 5.75 Å². The van der Waals surface area contributed by atoms with Gasteiger partial charge in [0.2, 0.25) is 5.91 Å². The Balaban J connectivity index is 1.69. The van der Waals surface area contributed by atoms with Crippen LogP contribution in [0.1, 0.15) is 12.8 Å². The Morgan fingerprint density at radius 1 is 1.15 bits per heavy atom. The molecule has 0 heterocycles. The van der Waals surface area contributed by atoms with E-state index in [0.717, 1.165) is 11.4 Å². The second-order valence-electron chi connectivity index (χ2n) is 5.97. The van der Waals surface area contributed by atoms with Gasteiger partial charge in [-0.3, -0.25) is 4.79 Å². The molecule has 0 saturated carbocycles. The molecule has 2 aromatic rings. The van der Waals surface area contributed by atoms with Crippen molar-refractivity contribution in [3.05, 3.63) is 52.5 Å². The number of rotatable bonds is 7. The first kappa shape index (κ1) is 21.3. The van der Waals surface area contributed by atoms with Crippen molar-refractivity contribution in [2.45, 2.75) is 12.8 Å². The van der Waals surface area contributed by atoms with E-state index in [2.05, 4.69) is 10.6 Å². The molecule has 8 heteroatoms. The topological polar surface area (TPSA) is 53.6 Å². The minimum Gasteiger partial charge on any atom is -0.492 e. The molecular weight excluding hydrogens is 405 g/mol. The number of ether oxygens (including phenoxy) is 1. The number of carbonyl (C=O) groups excluding carboxylic acids is 1. The molecule has 27 heavy (non-hydrogen) atoms. The summed E-state index contributed by atoms with van der Waals surface area (Å²) in [4.78, 5) is 14.0. The van der Waals surface area contributed by atoms with Gasteiger partial charge in [0.05, 0.1) is 11.6 Å². The van der Waals surface area contributed by atoms with E-state index in [1.807, 2.05) is 43.3 Å². The highest BCUT2D eigenvalue weighted by atomic mass is 35.5. The summed E-state index contributed by atoms with van der Waals surface area (Å²) in [6.07, 6.45) is 0.817. The number of amides is 1. The van der Waals surface area contributed by atoms with Crippen LogP contribution in [-0.4, -0.2) is 31.7 Å². The standard InChI is InChI=1S/C19H21Cl2N3O2S/c1-24(2)15-8-6-14(7-9-15)22-19(27)23-18(25)4-3-11-26-17-10-5-13(20)12-16(17)21/h5-10,12H,3-4,11H2,1-2H3,(H2,22,23,25,27). The lowest BCUT2D eigenvalue weighted by molar-refractivity contribution is -0.119. The van der Waals surface area contributed by atoms with Gasteiger partial charge in [0.25, 0.3) is 0 Å². The number of nitrogens with zero attached hydrogens (tertiary/aromatic N) is 1. The van der Waals surface area contributed by atoms with Crippen LogP contribution in [0.5, 0.6) is 5.75 Å². The van der Waals surface area contributed by atoms with Crippen LogP contribution < -0.4 is 20.3 Å². The van der Waals surface area contributed by atoms with Crippen LogP contribution in [-0.2, 0) is 4.79 Å². The Bertz CT molecular complexity index is 798. The molecule has 0 aliphatic rings. The van der Waals surface area contributed by atoms with Crippen molar-refractivity contribution in [1.82, 2.24) is 5.32 Å². The SMILES string of the molecule is CN(C)c1ccc(NC(=S)NC(=O)CCCOc2ccc(Cl)cc2Cl)cc1. The van der Waals surface area contributed by atoms with Gasteiger partial charge in [-0.15, -0.1) is 0 Å². The molecule has 2 N–H and O–H groups in total. The molecule has 0 radical (unpaired) electrons. The Morgan fingerprint density at radius 2 is 1.85 bits per heavy atom. The average Bonchev–Trinajstić information content (AvgIpc) is 2.60. The molecule has 2 rings (SSSR count). The van der Waals surface area contributed by atoms with E-state index in [4.69, 9.17) is 40.2 Å². The van der Waals surface area contributed by atoms with E-state index >= 15 is 0 Å². The van der Waals surface area contributed by atoms with Gasteiger partial charge in [0.15, 0.2) is 5.11 Å². The molecule has 0 aromatic heterocycles. The first-order chi connectivity index (χ1) is 12.8. The normalized spacial score (nSPS) is 10.2. The first-order valence-corrected chi connectivity index (χ1v) is 9.47. The summed E-state index contributed by atoms with van der Waals surface area (Å²) in [5.74, 6) is 0.364. The predicted molar refractivity (Wildman–Crippen MR) is 116 cm³/mol. The number of benzene rings is 2. The summed E-state index contributed by atoms with van der Waals surface area (Å²) < 4.78 is 5.55. The highest BCUT2D eigenvalue weighted by Crippen LogP contribution is 2.27. The van der Waals surface area contributed by atoms with E-state index in [1.165, 1.54) is 0 Å². The molecule has 1 amide bonds. The number of halogens is 2. The van der Waals surface area contributed by atoms with Crippen LogP contribution >= 0.6 is 35.4 Å². The zero-order valence-corrected chi connectivity index (χ0v) is 17.4. The van der Waals surface area contributed by atoms with Crippen molar-refractivity contribution in [1.29, 1.82) is 0 Å². The van der Waals surface area contributed by atoms with Crippen molar-refractivity contribution in [2.75, 3.05) is 30.9 Å². The van der Waals surface area contributed by atoms with Crippen molar-refractivity contribution in [3.63, 3.8) is 0 Å². The fourth-order valence-electron chi connectivity index (χ4n) is 2.20. The lowest BCUT2D eigenvalue weighted by Gasteiger charge is -2.14. The second-order valence-corrected chi connectivity index (χ2v) is 7.22. The maximum atomic E-state index is 12.0. The van der Waals surface area contributed by atoms with Crippen LogP contribution in [0.3, 0.4) is 0 Å². The third-order valence-corrected chi connectivity index (χ3v) is 4.33. The number of hydrogen-bond acceptors (Lipinski definition) is 4. The second kappa shape index (κ2) is 10.3. The lowest BCUT2D eigenvalue weighted by atomic mass is 10.2. The minimum absolute atomic E-state index is 0.178. The third-order valence-electron chi connectivity index (χ3n) is 3.59. The van der Waals surface area contributed by atoms with E-state index < -0.39 is 0 Å². The van der Waals surface area contributed by atoms with E-state index in [-0.39, 0.29) is 17.4 Å². The van der Waals surface area contributed by atoms with Gasteiger partial charge in [-0.1, -0.05) is 23.2 Å². The maximum absolute atomic E-state index is 12.0. The monoisotopic (exact) mass is 425 g/mol. The van der Waals surface area contributed by atoms with Crippen molar-refractivity contribution in [3.8, 4) is 5.75 Å². The van der Waals surface area contributed by atoms with Crippen LogP contribution in [0.4, 0.5) is 11.4 Å². The molecule has 0 aliphatic heterocycles. The smallest absolute Gasteiger partial charge is 0.226 e. The third kappa shape index (κ3) is 7.25. The van der Waals surface area contributed by atoms with E-state index in [9.17, 15) is 4.79 Å². The molecule has 0 bridgehead atoms. The molecule has 0 fully saturated rings. The molecule has 144 valence electrons. The van der Waals surface area contributed by atoms with Crippen molar-refractivity contribution in [2.24, 2.45) is 0 Å². The van der Waals surface area contributed by atoms with Gasteiger partial charge in [-0.2, -0.15) is 0 Å². The number of thiocarbonyl (C=S) groups is 1. The minimum atomic E-state index is -0.178. The fraction of sp³-hybridized carbons (Fsp3) is 0.263. The highest BCUT2D eigenvalue weighted by Gasteiger charge is 2.07. The average molecular weight is 426 g/mol. The molecule has 0 aliphatic carbocycles. The summed E-state index contributed by atoms with van der Waals surface area (Å²) in [5, 5.41) is 6.89. The molecule has 0 spiro atoms. The summed E-state index contributed by atoms with van der Waals surface area (Å²) >= 11 is 17.0. The zero-order chi connectivity index (χ0) is 19.8. The predicted octanol–water partition coefficient (Wildman–Crippen LogP) is 4.73. The molecule has 0 unspecified atom stereocenters. The Kier molecular flexibility index (Phi) is 8.16. The highest BCUT2D eigenvalue weighted by molar-refractivity contribution is 7.80. The summed E-state index contributed by atoms with van der Waals surface area (Å²) in [5.41, 5.74) is 1.89. The number of carbonyl (C=O) groups is 1. The number of nitrogens with one attached hydrogen (secondary N) is 2. The van der Waals surface area contributed by atoms with Gasteiger partial charge in [0, 0.05) is 36.9 Å². The number of hydrogen-bond donors (Lipinski definition) is 2. The van der Waals surface area contributed by atoms with Crippen LogP contribution in [0.25, 0.3) is 0 Å². The Hall–Kier alpha value is -2.02. The molecular formula is C19H21Cl2N3O2S. The number of anilines is 2. The molecule has 0 atom stereocenters. The van der Waals surface area contributed by atoms with Gasteiger partial charge in [-0.25, -0.2) is 0 Å². The maximum Gasteiger partial charge on any atom is 0.226 e. The largest absolute Gasteiger partial charge is 0.492 e. The van der Waals surface area contributed by atoms with Crippen LogP contribution in [0, 0.1) is 0 Å². The van der Waals surface area contributed by atoms with E-state index in [1.54, 1.807) is 18.2 Å². The summed E-state index contributed by atoms with van der Waals surface area (Å²) in [7, 11) is 3.94. The van der Waals surface area contributed by atoms with Crippen molar-refractivity contribution < 1.29 is 9.53 Å². The van der Waals surface area contributed by atoms with Gasteiger partial charge in [-0.05, 0) is 61.1 Å². The van der Waals surface area contributed by atoms with Gasteiger partial charge < -0.3 is 20.3 Å². The van der Waals surface area contributed by atoms with Gasteiger partial charge >= 0.3 is 0 Å². The van der Waals surface area contributed by atoms with Crippen LogP contribution in [0.2, 0.25) is 10.0 Å². The fourth-order valence-corrected chi connectivity index (χ4v) is 2.90. The Morgan fingerprint density at radius 3 is 2.48 bits per heavy atom. The Labute approximate surface area is 174 Å². The summed E-state index contributed by atoms with van der Waals surface area (Å²) in [6.45, 7) is 0.362. The summed E-state index contributed by atoms with van der Waals surface area (Å²) in [6, 6.07) is 12.7. The zero-order valence-electron chi connectivity index (χ0n) is 15.1. The van der Waals surface area contributed by atoms with Crippen LogP contribution in [0.15, 0.2) is 42.5 Å². The van der Waals surface area contributed by atoms with E-state index in [0.29, 0.717) is 28.8 Å².